The first-order valence-electron chi connectivity index (χ1n) is 8.86. The number of sulfonamides is 1. The van der Waals surface area contributed by atoms with Gasteiger partial charge in [-0.25, -0.2) is 8.42 Å². The van der Waals surface area contributed by atoms with Gasteiger partial charge in [-0.3, -0.25) is 4.79 Å². The van der Waals surface area contributed by atoms with E-state index in [2.05, 4.69) is 11.4 Å². The molecule has 1 amide bonds. The van der Waals surface area contributed by atoms with Crippen molar-refractivity contribution in [1.29, 1.82) is 0 Å². The number of rotatable bonds is 3. The second-order valence-corrected chi connectivity index (χ2v) is 11.4. The SMILES string of the molecule is Cc1ccc(S(=O)(=O)N2CCC[C@H](C(=O)N3CCc4sccc4C3)C2)s1. The molecule has 2 aliphatic heterocycles. The van der Waals surface area contributed by atoms with Gasteiger partial charge in [0.25, 0.3) is 10.0 Å². The molecule has 5 nitrogen and oxygen atoms in total. The third kappa shape index (κ3) is 3.35. The first-order valence-corrected chi connectivity index (χ1v) is 12.0. The first-order chi connectivity index (χ1) is 12.4. The maximum absolute atomic E-state index is 13.0. The van der Waals surface area contributed by atoms with Crippen molar-refractivity contribution in [3.8, 4) is 0 Å². The van der Waals surface area contributed by atoms with Gasteiger partial charge in [-0.15, -0.1) is 22.7 Å². The summed E-state index contributed by atoms with van der Waals surface area (Å²) < 4.78 is 27.7. The normalized spacial score (nSPS) is 21.6. The average molecular weight is 411 g/mol. The molecular weight excluding hydrogens is 388 g/mol. The molecule has 8 heteroatoms. The van der Waals surface area contributed by atoms with Crippen molar-refractivity contribution in [2.45, 2.75) is 36.9 Å². The van der Waals surface area contributed by atoms with E-state index in [0.29, 0.717) is 23.8 Å². The van der Waals surface area contributed by atoms with Crippen LogP contribution in [0.1, 0.15) is 28.2 Å². The van der Waals surface area contributed by atoms with Gasteiger partial charge in [0.1, 0.15) is 4.21 Å². The molecule has 0 saturated carbocycles. The summed E-state index contributed by atoms with van der Waals surface area (Å²) in [6, 6.07) is 5.59. The monoisotopic (exact) mass is 410 g/mol. The lowest BCUT2D eigenvalue weighted by Gasteiger charge is -2.35. The predicted molar refractivity (Wildman–Crippen MR) is 104 cm³/mol. The first kappa shape index (κ1) is 18.2. The molecule has 4 rings (SSSR count). The highest BCUT2D eigenvalue weighted by Crippen LogP contribution is 2.30. The molecule has 1 atom stereocenters. The lowest BCUT2D eigenvalue weighted by molar-refractivity contribution is -0.137. The topological polar surface area (TPSA) is 57.7 Å². The molecule has 26 heavy (non-hydrogen) atoms. The van der Waals surface area contributed by atoms with Crippen molar-refractivity contribution in [3.05, 3.63) is 38.9 Å². The number of aryl methyl sites for hydroxylation is 1. The molecule has 0 aromatic carbocycles. The van der Waals surface area contributed by atoms with Crippen molar-refractivity contribution in [2.75, 3.05) is 19.6 Å². The van der Waals surface area contributed by atoms with Gasteiger partial charge in [0, 0.05) is 35.9 Å². The van der Waals surface area contributed by atoms with Crippen LogP contribution in [0, 0.1) is 12.8 Å². The fourth-order valence-electron chi connectivity index (χ4n) is 3.74. The number of hydrogen-bond donors (Lipinski definition) is 0. The third-order valence-corrected chi connectivity index (χ3v) is 9.52. The van der Waals surface area contributed by atoms with E-state index in [9.17, 15) is 13.2 Å². The lowest BCUT2D eigenvalue weighted by atomic mass is 9.97. The lowest BCUT2D eigenvalue weighted by Crippen LogP contribution is -2.47. The zero-order valence-electron chi connectivity index (χ0n) is 14.7. The van der Waals surface area contributed by atoms with Gasteiger partial charge >= 0.3 is 0 Å². The maximum atomic E-state index is 13.0. The summed E-state index contributed by atoms with van der Waals surface area (Å²) in [5.41, 5.74) is 1.24. The van der Waals surface area contributed by atoms with Gasteiger partial charge in [0.2, 0.25) is 5.91 Å². The number of nitrogens with zero attached hydrogens (tertiary/aromatic N) is 2. The van der Waals surface area contributed by atoms with E-state index in [1.807, 2.05) is 17.9 Å². The number of fused-ring (bicyclic) bond motifs is 1. The third-order valence-electron chi connectivity index (χ3n) is 5.16. The molecule has 0 unspecified atom stereocenters. The Morgan fingerprint density at radius 3 is 2.85 bits per heavy atom. The highest BCUT2D eigenvalue weighted by atomic mass is 32.2. The minimum Gasteiger partial charge on any atom is -0.338 e. The molecule has 2 aromatic heterocycles. The van der Waals surface area contributed by atoms with Crippen molar-refractivity contribution < 1.29 is 13.2 Å². The maximum Gasteiger partial charge on any atom is 0.252 e. The number of hydrogen-bond acceptors (Lipinski definition) is 5. The summed E-state index contributed by atoms with van der Waals surface area (Å²) in [4.78, 5) is 17.3. The second-order valence-electron chi connectivity index (χ2n) is 6.95. The summed E-state index contributed by atoms with van der Waals surface area (Å²) >= 11 is 3.05. The van der Waals surface area contributed by atoms with E-state index in [-0.39, 0.29) is 11.8 Å². The Hall–Kier alpha value is -1.22. The van der Waals surface area contributed by atoms with E-state index in [0.717, 1.165) is 30.7 Å². The highest BCUT2D eigenvalue weighted by molar-refractivity contribution is 7.91. The Bertz CT molecular complexity index is 916. The van der Waals surface area contributed by atoms with Gasteiger partial charge in [-0.1, -0.05) is 0 Å². The van der Waals surface area contributed by atoms with Crippen molar-refractivity contribution in [3.63, 3.8) is 0 Å². The Balaban J connectivity index is 1.48. The molecule has 0 radical (unpaired) electrons. The molecule has 1 fully saturated rings. The molecule has 140 valence electrons. The fourth-order valence-corrected chi connectivity index (χ4v) is 7.59. The van der Waals surface area contributed by atoms with Crippen LogP contribution < -0.4 is 0 Å². The number of thiophene rings is 2. The smallest absolute Gasteiger partial charge is 0.252 e. The number of amides is 1. The van der Waals surface area contributed by atoms with E-state index >= 15 is 0 Å². The summed E-state index contributed by atoms with van der Waals surface area (Å²) in [5, 5.41) is 2.08. The predicted octanol–water partition coefficient (Wildman–Crippen LogP) is 3.10. The molecule has 0 spiro atoms. The Morgan fingerprint density at radius 1 is 1.23 bits per heavy atom. The molecule has 2 aliphatic rings. The molecule has 4 heterocycles. The zero-order chi connectivity index (χ0) is 18.3. The van der Waals surface area contributed by atoms with Gasteiger partial charge in [-0.2, -0.15) is 4.31 Å². The highest BCUT2D eigenvalue weighted by Gasteiger charge is 2.36. The van der Waals surface area contributed by atoms with Crippen LogP contribution in [0.3, 0.4) is 0 Å². The van der Waals surface area contributed by atoms with Gasteiger partial charge in [0.05, 0.1) is 5.92 Å². The van der Waals surface area contributed by atoms with Gasteiger partial charge in [-0.05, 0) is 55.3 Å². The minimum atomic E-state index is -3.50. The van der Waals surface area contributed by atoms with Crippen LogP contribution in [0.15, 0.2) is 27.8 Å². The molecule has 0 bridgehead atoms. The van der Waals surface area contributed by atoms with E-state index in [4.69, 9.17) is 0 Å². The van der Waals surface area contributed by atoms with Crippen molar-refractivity contribution in [1.82, 2.24) is 9.21 Å². The van der Waals surface area contributed by atoms with Crippen molar-refractivity contribution in [2.24, 2.45) is 5.92 Å². The molecule has 0 aliphatic carbocycles. The minimum absolute atomic E-state index is 0.101. The molecule has 0 N–H and O–H groups in total. The van der Waals surface area contributed by atoms with Crippen LogP contribution in [-0.2, 0) is 27.8 Å². The average Bonchev–Trinajstić information content (AvgIpc) is 3.29. The van der Waals surface area contributed by atoms with Crippen LogP contribution in [0.2, 0.25) is 0 Å². The van der Waals surface area contributed by atoms with Crippen molar-refractivity contribution >= 4 is 38.6 Å². The zero-order valence-corrected chi connectivity index (χ0v) is 17.1. The summed E-state index contributed by atoms with van der Waals surface area (Å²) in [6.07, 6.45) is 2.40. The van der Waals surface area contributed by atoms with E-state index in [1.54, 1.807) is 17.4 Å². The largest absolute Gasteiger partial charge is 0.338 e. The van der Waals surface area contributed by atoms with Crippen LogP contribution >= 0.6 is 22.7 Å². The molecule has 2 aromatic rings. The fraction of sp³-hybridized carbons (Fsp3) is 0.500. The van der Waals surface area contributed by atoms with Gasteiger partial charge < -0.3 is 4.90 Å². The van der Waals surface area contributed by atoms with Crippen LogP contribution in [-0.4, -0.2) is 43.2 Å². The quantitative estimate of drug-likeness (QED) is 0.781. The summed E-state index contributed by atoms with van der Waals surface area (Å²) in [5.74, 6) is -0.135. The number of piperidine rings is 1. The number of carbonyl (C=O) groups is 1. The summed E-state index contributed by atoms with van der Waals surface area (Å²) in [6.45, 7) is 4.09. The standard InChI is InChI=1S/C18H22N2O3S3/c1-13-4-5-17(25-13)26(22,23)20-8-2-3-15(12-20)18(21)19-9-6-16-14(11-19)7-10-24-16/h4-5,7,10,15H,2-3,6,8-9,11-12H2,1H3/t15-/m0/s1. The number of carbonyl (C=O) groups excluding carboxylic acids is 1. The molecular formula is C18H22N2O3S3. The van der Waals surface area contributed by atoms with Crippen LogP contribution in [0.25, 0.3) is 0 Å². The summed E-state index contributed by atoms with van der Waals surface area (Å²) in [7, 11) is -3.50. The second kappa shape index (κ2) is 7.07. The Morgan fingerprint density at radius 2 is 2.08 bits per heavy atom. The van der Waals surface area contributed by atoms with Gasteiger partial charge in [0.15, 0.2) is 0 Å². The molecule has 1 saturated heterocycles. The Kier molecular flexibility index (Phi) is 4.94. The van der Waals surface area contributed by atoms with E-state index < -0.39 is 10.0 Å². The Labute approximate surface area is 162 Å². The van der Waals surface area contributed by atoms with E-state index in [1.165, 1.54) is 26.1 Å². The van der Waals surface area contributed by atoms with Crippen LogP contribution in [0.5, 0.6) is 0 Å². The van der Waals surface area contributed by atoms with Crippen LogP contribution in [0.4, 0.5) is 0 Å².